The Morgan fingerprint density at radius 2 is 1.95 bits per heavy atom. The molecule has 0 spiro atoms. The van der Waals surface area contributed by atoms with E-state index in [1.165, 1.54) is 0 Å². The molecular formula is C15H20ClNO3. The van der Waals surface area contributed by atoms with Crippen LogP contribution < -0.4 is 9.47 Å². The smallest absolute Gasteiger partial charge is 0.179 e. The number of halogens is 1. The number of fused-ring (bicyclic) bond motifs is 1. The summed E-state index contributed by atoms with van der Waals surface area (Å²) in [5.74, 6) is 1.42. The van der Waals surface area contributed by atoms with Gasteiger partial charge in [-0.3, -0.25) is 4.90 Å². The van der Waals surface area contributed by atoms with E-state index < -0.39 is 0 Å². The third-order valence-electron chi connectivity index (χ3n) is 3.83. The van der Waals surface area contributed by atoms with Gasteiger partial charge in [0.15, 0.2) is 11.5 Å². The Balaban J connectivity index is 1.74. The zero-order valence-electron chi connectivity index (χ0n) is 11.5. The van der Waals surface area contributed by atoms with Gasteiger partial charge in [0.25, 0.3) is 0 Å². The van der Waals surface area contributed by atoms with Crippen LogP contribution in [0.4, 0.5) is 0 Å². The largest absolute Gasteiger partial charge is 0.489 e. The van der Waals surface area contributed by atoms with Crippen LogP contribution in [0, 0.1) is 0 Å². The second-order valence-electron chi connectivity index (χ2n) is 5.46. The normalized spacial score (nSPS) is 20.7. The molecule has 1 fully saturated rings. The molecule has 0 aromatic heterocycles. The predicted molar refractivity (Wildman–Crippen MR) is 77.6 cm³/mol. The van der Waals surface area contributed by atoms with Crippen molar-refractivity contribution in [1.82, 2.24) is 4.90 Å². The van der Waals surface area contributed by atoms with Gasteiger partial charge in [-0.15, -0.1) is 0 Å². The summed E-state index contributed by atoms with van der Waals surface area (Å²) in [5, 5.41) is 10.2. The summed E-state index contributed by atoms with van der Waals surface area (Å²) in [6.45, 7) is 4.00. The van der Waals surface area contributed by atoms with Crippen molar-refractivity contribution in [3.63, 3.8) is 0 Å². The van der Waals surface area contributed by atoms with Gasteiger partial charge < -0.3 is 14.6 Å². The minimum absolute atomic E-state index is 0.140. The van der Waals surface area contributed by atoms with Crippen LogP contribution in [0.5, 0.6) is 11.5 Å². The minimum Gasteiger partial charge on any atom is -0.489 e. The predicted octanol–water partition coefficient (Wildman–Crippen LogP) is 2.46. The van der Waals surface area contributed by atoms with Crippen molar-refractivity contribution in [1.29, 1.82) is 0 Å². The number of aliphatic hydroxyl groups excluding tert-OH is 1. The minimum atomic E-state index is -0.140. The van der Waals surface area contributed by atoms with Crippen molar-refractivity contribution in [2.75, 3.05) is 26.3 Å². The van der Waals surface area contributed by atoms with E-state index in [4.69, 9.17) is 21.1 Å². The van der Waals surface area contributed by atoms with Gasteiger partial charge in [0, 0.05) is 26.1 Å². The van der Waals surface area contributed by atoms with Crippen LogP contribution in [-0.4, -0.2) is 42.4 Å². The number of likely N-dealkylation sites (tertiary alicyclic amines) is 1. The zero-order chi connectivity index (χ0) is 13.9. The van der Waals surface area contributed by atoms with Gasteiger partial charge in [0.1, 0.15) is 0 Å². The number of nitrogens with zero attached hydrogens (tertiary/aromatic N) is 1. The molecule has 2 heterocycles. The zero-order valence-corrected chi connectivity index (χ0v) is 12.2. The highest BCUT2D eigenvalue weighted by Crippen LogP contribution is 2.38. The van der Waals surface area contributed by atoms with Crippen LogP contribution in [0.3, 0.4) is 0 Å². The van der Waals surface area contributed by atoms with Crippen LogP contribution in [0.2, 0.25) is 5.02 Å². The topological polar surface area (TPSA) is 41.9 Å². The first-order valence-electron chi connectivity index (χ1n) is 7.21. The Morgan fingerprint density at radius 1 is 1.20 bits per heavy atom. The number of hydrogen-bond acceptors (Lipinski definition) is 4. The molecule has 0 bridgehead atoms. The monoisotopic (exact) mass is 297 g/mol. The fourth-order valence-corrected chi connectivity index (χ4v) is 3.00. The lowest BCUT2D eigenvalue weighted by atomic mass is 10.1. The molecule has 110 valence electrons. The molecule has 0 atom stereocenters. The van der Waals surface area contributed by atoms with E-state index in [1.54, 1.807) is 0 Å². The molecule has 1 aromatic carbocycles. The van der Waals surface area contributed by atoms with Crippen molar-refractivity contribution >= 4 is 11.6 Å². The fourth-order valence-electron chi connectivity index (χ4n) is 2.71. The number of piperidine rings is 1. The molecule has 0 unspecified atom stereocenters. The summed E-state index contributed by atoms with van der Waals surface area (Å²) in [6.07, 6.45) is 2.43. The molecule has 3 rings (SSSR count). The van der Waals surface area contributed by atoms with Gasteiger partial charge in [0.05, 0.1) is 24.3 Å². The summed E-state index contributed by atoms with van der Waals surface area (Å²) < 4.78 is 11.3. The number of hydrogen-bond donors (Lipinski definition) is 1. The Hall–Kier alpha value is -0.970. The molecule has 1 aromatic rings. The quantitative estimate of drug-likeness (QED) is 0.910. The molecule has 0 amide bonds. The van der Waals surface area contributed by atoms with E-state index in [0.717, 1.165) is 50.2 Å². The first kappa shape index (κ1) is 14.0. The SMILES string of the molecule is OC1CCN(Cc2cc(Cl)c3c(c2)OCCCO3)CC1. The molecule has 2 aliphatic heterocycles. The lowest BCUT2D eigenvalue weighted by molar-refractivity contribution is 0.0792. The van der Waals surface area contributed by atoms with E-state index >= 15 is 0 Å². The Morgan fingerprint density at radius 3 is 2.75 bits per heavy atom. The molecule has 1 saturated heterocycles. The van der Waals surface area contributed by atoms with Crippen LogP contribution in [0.25, 0.3) is 0 Å². The van der Waals surface area contributed by atoms with Crippen molar-refractivity contribution in [2.24, 2.45) is 0 Å². The summed E-state index contributed by atoms with van der Waals surface area (Å²) in [6, 6.07) is 3.98. The Bertz CT molecular complexity index is 472. The van der Waals surface area contributed by atoms with Crippen molar-refractivity contribution in [3.8, 4) is 11.5 Å². The fraction of sp³-hybridized carbons (Fsp3) is 0.600. The summed E-state index contributed by atoms with van der Waals surface area (Å²) in [7, 11) is 0. The molecule has 0 aliphatic carbocycles. The van der Waals surface area contributed by atoms with Crippen LogP contribution in [0.15, 0.2) is 12.1 Å². The van der Waals surface area contributed by atoms with Crippen molar-refractivity contribution < 1.29 is 14.6 Å². The van der Waals surface area contributed by atoms with Crippen LogP contribution >= 0.6 is 11.6 Å². The maximum Gasteiger partial charge on any atom is 0.179 e. The Kier molecular flexibility index (Phi) is 4.34. The van der Waals surface area contributed by atoms with Crippen molar-refractivity contribution in [2.45, 2.75) is 31.9 Å². The summed E-state index contributed by atoms with van der Waals surface area (Å²) in [4.78, 5) is 2.34. The second-order valence-corrected chi connectivity index (χ2v) is 5.87. The average Bonchev–Trinajstić information content (AvgIpc) is 2.67. The van der Waals surface area contributed by atoms with Gasteiger partial charge in [0.2, 0.25) is 0 Å². The molecule has 4 nitrogen and oxygen atoms in total. The number of aliphatic hydroxyl groups is 1. The molecule has 5 heteroatoms. The van der Waals surface area contributed by atoms with Crippen LogP contribution in [0.1, 0.15) is 24.8 Å². The molecule has 2 aliphatic rings. The van der Waals surface area contributed by atoms with Gasteiger partial charge in [-0.05, 0) is 30.5 Å². The molecule has 1 N–H and O–H groups in total. The molecule has 20 heavy (non-hydrogen) atoms. The highest BCUT2D eigenvalue weighted by molar-refractivity contribution is 6.32. The first-order valence-corrected chi connectivity index (χ1v) is 7.58. The molecule has 0 radical (unpaired) electrons. The number of ether oxygens (including phenoxy) is 2. The number of rotatable bonds is 2. The lowest BCUT2D eigenvalue weighted by Gasteiger charge is -2.29. The highest BCUT2D eigenvalue weighted by atomic mass is 35.5. The Labute approximate surface area is 124 Å². The van der Waals surface area contributed by atoms with Gasteiger partial charge in [-0.1, -0.05) is 11.6 Å². The van der Waals surface area contributed by atoms with E-state index in [1.807, 2.05) is 12.1 Å². The summed E-state index contributed by atoms with van der Waals surface area (Å²) in [5.41, 5.74) is 1.13. The van der Waals surface area contributed by atoms with E-state index in [-0.39, 0.29) is 6.10 Å². The van der Waals surface area contributed by atoms with Crippen molar-refractivity contribution in [3.05, 3.63) is 22.7 Å². The number of benzene rings is 1. The second kappa shape index (κ2) is 6.20. The van der Waals surface area contributed by atoms with E-state index in [0.29, 0.717) is 24.0 Å². The molecular weight excluding hydrogens is 278 g/mol. The van der Waals surface area contributed by atoms with Gasteiger partial charge in [-0.25, -0.2) is 0 Å². The summed E-state index contributed by atoms with van der Waals surface area (Å²) >= 11 is 6.30. The van der Waals surface area contributed by atoms with Crippen LogP contribution in [-0.2, 0) is 6.54 Å². The maximum atomic E-state index is 9.54. The third kappa shape index (κ3) is 3.19. The van der Waals surface area contributed by atoms with E-state index in [9.17, 15) is 5.11 Å². The molecule has 0 saturated carbocycles. The first-order chi connectivity index (χ1) is 9.72. The standard InChI is InChI=1S/C15H20ClNO3/c16-13-8-11(10-17-4-2-12(18)3-5-17)9-14-15(13)20-7-1-6-19-14/h8-9,12,18H,1-7,10H2. The van der Waals surface area contributed by atoms with Gasteiger partial charge in [-0.2, -0.15) is 0 Å². The highest BCUT2D eigenvalue weighted by Gasteiger charge is 2.19. The lowest BCUT2D eigenvalue weighted by Crippen LogP contribution is -2.35. The maximum absolute atomic E-state index is 9.54. The van der Waals surface area contributed by atoms with E-state index in [2.05, 4.69) is 4.90 Å². The average molecular weight is 298 g/mol. The third-order valence-corrected chi connectivity index (χ3v) is 4.11. The van der Waals surface area contributed by atoms with Gasteiger partial charge >= 0.3 is 0 Å².